The van der Waals surface area contributed by atoms with E-state index in [1.807, 2.05) is 31.3 Å². The summed E-state index contributed by atoms with van der Waals surface area (Å²) in [5, 5.41) is 11.7. The van der Waals surface area contributed by atoms with Gasteiger partial charge in [0.15, 0.2) is 6.19 Å². The molecule has 1 atom stereocenters. The number of hydrogen-bond donors (Lipinski definition) is 1. The highest BCUT2D eigenvalue weighted by molar-refractivity contribution is 5.80. The lowest BCUT2D eigenvalue weighted by atomic mass is 10.0. The molecule has 308 valence electrons. The fraction of sp³-hybridized carbons (Fsp3) is 0.864. The van der Waals surface area contributed by atoms with E-state index in [4.69, 9.17) is 14.7 Å². The molecule has 0 rings (SSSR count). The van der Waals surface area contributed by atoms with Crippen LogP contribution < -0.4 is 5.32 Å². The molecule has 9 heteroatoms. The molecule has 0 aliphatic rings. The van der Waals surface area contributed by atoms with Crippen LogP contribution in [0.25, 0.3) is 0 Å². The number of rotatable bonds is 37. The number of hydrogen-bond acceptors (Lipinski definition) is 7. The molecule has 0 bridgehead atoms. The molecule has 0 aromatic carbocycles. The van der Waals surface area contributed by atoms with Crippen molar-refractivity contribution < 1.29 is 19.1 Å². The Hall–Kier alpha value is -2.60. The summed E-state index contributed by atoms with van der Waals surface area (Å²) < 4.78 is 11.3. The van der Waals surface area contributed by atoms with Crippen LogP contribution in [0.15, 0.2) is 17.1 Å². The van der Waals surface area contributed by atoms with E-state index in [1.54, 1.807) is 0 Å². The van der Waals surface area contributed by atoms with Gasteiger partial charge in [0, 0.05) is 33.5 Å². The van der Waals surface area contributed by atoms with Crippen LogP contribution in [0.1, 0.15) is 194 Å². The lowest BCUT2D eigenvalue weighted by molar-refractivity contribution is -0.150. The van der Waals surface area contributed by atoms with Crippen molar-refractivity contribution in [3.63, 3.8) is 0 Å². The number of nitriles is 1. The van der Waals surface area contributed by atoms with Gasteiger partial charge in [-0.05, 0) is 90.3 Å². The highest BCUT2D eigenvalue weighted by atomic mass is 16.5. The Morgan fingerprint density at radius 3 is 1.77 bits per heavy atom. The fourth-order valence-electron chi connectivity index (χ4n) is 6.44. The van der Waals surface area contributed by atoms with Crippen LogP contribution >= 0.6 is 0 Å². The average molecular weight is 746 g/mol. The summed E-state index contributed by atoms with van der Waals surface area (Å²) in [7, 11) is 3.77. The summed E-state index contributed by atoms with van der Waals surface area (Å²) in [6.07, 6.45) is 35.6. The maximum Gasteiger partial charge on any atom is 0.306 e. The molecule has 0 fully saturated rings. The minimum Gasteiger partial charge on any atom is -0.462 e. The summed E-state index contributed by atoms with van der Waals surface area (Å²) >= 11 is 0. The molecule has 1 unspecified atom stereocenters. The highest BCUT2D eigenvalue weighted by Crippen LogP contribution is 2.17. The van der Waals surface area contributed by atoms with E-state index in [9.17, 15) is 9.59 Å². The van der Waals surface area contributed by atoms with E-state index in [0.29, 0.717) is 32.0 Å². The first-order valence-corrected chi connectivity index (χ1v) is 22.0. The van der Waals surface area contributed by atoms with Gasteiger partial charge in [-0.2, -0.15) is 5.26 Å². The van der Waals surface area contributed by atoms with Crippen LogP contribution in [0.3, 0.4) is 0 Å². The fourth-order valence-corrected chi connectivity index (χ4v) is 6.44. The molecule has 0 spiro atoms. The van der Waals surface area contributed by atoms with Crippen molar-refractivity contribution >= 4 is 17.9 Å². The third kappa shape index (κ3) is 34.9. The molecule has 0 amide bonds. The van der Waals surface area contributed by atoms with Crippen LogP contribution in [-0.4, -0.2) is 80.7 Å². The van der Waals surface area contributed by atoms with Crippen LogP contribution in [0.5, 0.6) is 0 Å². The standard InChI is InChI=1S/C44H83N5O4/c1-6-9-12-14-15-22-29-39-52-42(50)33-25-18-16-20-27-36-49(38-30-35-46-44(47-40-45)48(4)5)37-28-21-17-19-26-34-43(51)53-41(31-23-11-8-3)32-24-13-10-7-2/h22,29,41H,6-21,23-28,30-39H2,1-5H3,(H,46,47)/b29-22-. The van der Waals surface area contributed by atoms with Crippen molar-refractivity contribution in [1.82, 2.24) is 15.1 Å². The number of carbonyl (C=O) groups is 2. The first-order chi connectivity index (χ1) is 25.9. The van der Waals surface area contributed by atoms with Crippen molar-refractivity contribution in [2.45, 2.75) is 200 Å². The molecule has 0 aromatic heterocycles. The minimum atomic E-state index is -0.0867. The largest absolute Gasteiger partial charge is 0.462 e. The predicted molar refractivity (Wildman–Crippen MR) is 223 cm³/mol. The Balaban J connectivity index is 4.44. The third-order valence-corrected chi connectivity index (χ3v) is 9.73. The van der Waals surface area contributed by atoms with Crippen molar-refractivity contribution in [1.29, 1.82) is 5.26 Å². The maximum atomic E-state index is 12.6. The van der Waals surface area contributed by atoms with Gasteiger partial charge < -0.3 is 19.3 Å². The van der Waals surface area contributed by atoms with Crippen LogP contribution in [0.4, 0.5) is 0 Å². The predicted octanol–water partition coefficient (Wildman–Crippen LogP) is 10.9. The smallest absolute Gasteiger partial charge is 0.306 e. The summed E-state index contributed by atoms with van der Waals surface area (Å²) in [6, 6.07) is 0. The van der Waals surface area contributed by atoms with Gasteiger partial charge >= 0.3 is 11.9 Å². The van der Waals surface area contributed by atoms with Gasteiger partial charge in [0.1, 0.15) is 12.7 Å². The van der Waals surface area contributed by atoms with Crippen LogP contribution in [0, 0.1) is 11.5 Å². The number of aliphatic imine (C=N–C) groups is 1. The first kappa shape index (κ1) is 50.4. The number of unbranched alkanes of at least 4 members (excludes halogenated alkanes) is 17. The molecule has 9 nitrogen and oxygen atoms in total. The van der Waals surface area contributed by atoms with Gasteiger partial charge in [-0.3, -0.25) is 19.9 Å². The summed E-state index contributed by atoms with van der Waals surface area (Å²) in [4.78, 5) is 33.6. The van der Waals surface area contributed by atoms with Crippen molar-refractivity contribution in [2.24, 2.45) is 4.99 Å². The molecule has 0 saturated carbocycles. The SMILES string of the molecule is CCCCCC/C=C\COC(=O)CCCCCCCN(CCCCCCCC(=O)OC(CCCCC)CCCCCC)CCCN=C(NC#N)N(C)C. The molecule has 0 radical (unpaired) electrons. The van der Waals surface area contributed by atoms with Gasteiger partial charge in [-0.1, -0.05) is 123 Å². The number of allylic oxidation sites excluding steroid dienone is 1. The zero-order chi connectivity index (χ0) is 39.0. The molecular weight excluding hydrogens is 663 g/mol. The number of esters is 2. The first-order valence-electron chi connectivity index (χ1n) is 22.0. The van der Waals surface area contributed by atoms with Crippen LogP contribution in [-0.2, 0) is 19.1 Å². The molecule has 0 saturated heterocycles. The average Bonchev–Trinajstić information content (AvgIpc) is 3.14. The Kier molecular flexibility index (Phi) is 37.2. The highest BCUT2D eigenvalue weighted by Gasteiger charge is 2.14. The number of guanidine groups is 1. The monoisotopic (exact) mass is 746 g/mol. The normalized spacial score (nSPS) is 12.3. The minimum absolute atomic E-state index is 0.00520. The summed E-state index contributed by atoms with van der Waals surface area (Å²) in [5.74, 6) is 0.505. The van der Waals surface area contributed by atoms with Gasteiger partial charge in [-0.25, -0.2) is 0 Å². The number of ether oxygens (including phenoxy) is 2. The Bertz CT molecular complexity index is 949. The third-order valence-electron chi connectivity index (χ3n) is 9.73. The van der Waals surface area contributed by atoms with E-state index in [0.717, 1.165) is 116 Å². The summed E-state index contributed by atoms with van der Waals surface area (Å²) in [5.41, 5.74) is 0. The van der Waals surface area contributed by atoms with E-state index in [-0.39, 0.29) is 18.0 Å². The van der Waals surface area contributed by atoms with E-state index >= 15 is 0 Å². The van der Waals surface area contributed by atoms with Crippen molar-refractivity contribution in [2.75, 3.05) is 46.9 Å². The lowest BCUT2D eigenvalue weighted by Crippen LogP contribution is -2.34. The molecule has 0 heterocycles. The Morgan fingerprint density at radius 1 is 0.660 bits per heavy atom. The van der Waals surface area contributed by atoms with Gasteiger partial charge in [0.25, 0.3) is 0 Å². The molecular formula is C44H83N5O4. The molecule has 53 heavy (non-hydrogen) atoms. The van der Waals surface area contributed by atoms with Gasteiger partial charge in [-0.15, -0.1) is 0 Å². The number of nitrogens with one attached hydrogen (secondary N) is 1. The summed E-state index contributed by atoms with van der Waals surface area (Å²) in [6.45, 7) is 10.9. The Morgan fingerprint density at radius 2 is 1.17 bits per heavy atom. The van der Waals surface area contributed by atoms with Gasteiger partial charge in [0.05, 0.1) is 0 Å². The number of carbonyl (C=O) groups excluding carboxylic acids is 2. The molecule has 0 aliphatic heterocycles. The lowest BCUT2D eigenvalue weighted by Gasteiger charge is -2.22. The maximum absolute atomic E-state index is 12.6. The number of nitrogens with zero attached hydrogens (tertiary/aromatic N) is 4. The topological polar surface area (TPSA) is 107 Å². The van der Waals surface area contributed by atoms with E-state index in [2.05, 4.69) is 42.1 Å². The molecule has 0 aliphatic carbocycles. The second kappa shape index (κ2) is 39.1. The van der Waals surface area contributed by atoms with Crippen LogP contribution in [0.2, 0.25) is 0 Å². The second-order valence-electron chi connectivity index (χ2n) is 15.0. The molecule has 1 N–H and O–H groups in total. The van der Waals surface area contributed by atoms with Crippen molar-refractivity contribution in [3.05, 3.63) is 12.2 Å². The quantitative estimate of drug-likeness (QED) is 0.0127. The van der Waals surface area contributed by atoms with Gasteiger partial charge in [0.2, 0.25) is 5.96 Å². The van der Waals surface area contributed by atoms with Crippen molar-refractivity contribution in [3.8, 4) is 6.19 Å². The molecule has 0 aromatic rings. The zero-order valence-electron chi connectivity index (χ0n) is 35.3. The zero-order valence-corrected chi connectivity index (χ0v) is 35.3. The van der Waals surface area contributed by atoms with E-state index in [1.165, 1.54) is 64.2 Å². The van der Waals surface area contributed by atoms with E-state index < -0.39 is 0 Å². The second-order valence-corrected chi connectivity index (χ2v) is 15.0. The Labute approximate surface area is 327 Å².